The van der Waals surface area contributed by atoms with Crippen LogP contribution in [0.25, 0.3) is 0 Å². The van der Waals surface area contributed by atoms with Gasteiger partial charge in [0.25, 0.3) is 0 Å². The Morgan fingerprint density at radius 3 is 3.13 bits per heavy atom. The van der Waals surface area contributed by atoms with Crippen molar-refractivity contribution in [3.8, 4) is 0 Å². The van der Waals surface area contributed by atoms with E-state index in [-0.39, 0.29) is 6.10 Å². The number of hydrogen-bond donors (Lipinski definition) is 1. The van der Waals surface area contributed by atoms with Gasteiger partial charge in [0.1, 0.15) is 0 Å². The van der Waals surface area contributed by atoms with Gasteiger partial charge in [-0.15, -0.1) is 11.3 Å². The van der Waals surface area contributed by atoms with Crippen LogP contribution in [0.4, 0.5) is 0 Å². The first kappa shape index (κ1) is 11.1. The van der Waals surface area contributed by atoms with Crippen LogP contribution in [0, 0.1) is 11.8 Å². The summed E-state index contributed by atoms with van der Waals surface area (Å²) in [7, 11) is 0. The van der Waals surface area contributed by atoms with Crippen LogP contribution >= 0.6 is 11.3 Å². The molecule has 1 aromatic rings. The molecule has 84 valence electrons. The molecule has 1 heterocycles. The fourth-order valence-corrected chi connectivity index (χ4v) is 3.20. The number of aromatic nitrogens is 1. The zero-order valence-electron chi connectivity index (χ0n) is 9.22. The molecule has 3 heteroatoms. The van der Waals surface area contributed by atoms with Crippen molar-refractivity contribution in [2.24, 2.45) is 11.8 Å². The minimum Gasteiger partial charge on any atom is -0.392 e. The normalized spacial score (nSPS) is 28.9. The quantitative estimate of drug-likeness (QED) is 0.858. The average molecular weight is 225 g/mol. The molecular formula is C12H19NOS. The molecule has 1 aliphatic rings. The second kappa shape index (κ2) is 5.08. The lowest BCUT2D eigenvalue weighted by Gasteiger charge is -2.30. The van der Waals surface area contributed by atoms with E-state index in [1.807, 2.05) is 11.6 Å². The summed E-state index contributed by atoms with van der Waals surface area (Å²) in [6, 6.07) is 0. The van der Waals surface area contributed by atoms with E-state index in [0.29, 0.717) is 5.92 Å². The van der Waals surface area contributed by atoms with Gasteiger partial charge in [-0.05, 0) is 24.7 Å². The summed E-state index contributed by atoms with van der Waals surface area (Å²) >= 11 is 1.64. The van der Waals surface area contributed by atoms with Crippen molar-refractivity contribution in [2.45, 2.75) is 45.1 Å². The number of nitrogens with zero attached hydrogens (tertiary/aromatic N) is 1. The molecule has 0 spiro atoms. The van der Waals surface area contributed by atoms with Crippen molar-refractivity contribution in [3.05, 3.63) is 16.6 Å². The van der Waals surface area contributed by atoms with Crippen molar-refractivity contribution >= 4 is 11.3 Å². The van der Waals surface area contributed by atoms with E-state index in [0.717, 1.165) is 17.3 Å². The van der Waals surface area contributed by atoms with Crippen molar-refractivity contribution in [1.29, 1.82) is 0 Å². The van der Waals surface area contributed by atoms with Crippen LogP contribution in [0.5, 0.6) is 0 Å². The second-order valence-electron chi connectivity index (χ2n) is 4.73. The number of aliphatic hydroxyl groups excluding tert-OH is 1. The molecule has 0 saturated heterocycles. The summed E-state index contributed by atoms with van der Waals surface area (Å²) in [6.45, 7) is 2.29. The van der Waals surface area contributed by atoms with Crippen molar-refractivity contribution < 1.29 is 5.11 Å². The van der Waals surface area contributed by atoms with Gasteiger partial charge in [0, 0.05) is 18.0 Å². The van der Waals surface area contributed by atoms with Crippen LogP contribution in [0.15, 0.2) is 11.6 Å². The van der Waals surface area contributed by atoms with E-state index >= 15 is 0 Å². The van der Waals surface area contributed by atoms with Gasteiger partial charge in [-0.3, -0.25) is 0 Å². The van der Waals surface area contributed by atoms with Gasteiger partial charge in [0.05, 0.1) is 11.1 Å². The topological polar surface area (TPSA) is 33.1 Å². The largest absolute Gasteiger partial charge is 0.392 e. The summed E-state index contributed by atoms with van der Waals surface area (Å²) in [6.07, 6.45) is 7.37. The minimum atomic E-state index is -0.182. The lowest BCUT2D eigenvalue weighted by atomic mass is 9.79. The van der Waals surface area contributed by atoms with E-state index in [9.17, 15) is 5.11 Å². The molecule has 0 amide bonds. The minimum absolute atomic E-state index is 0.182. The molecule has 3 atom stereocenters. The first-order chi connectivity index (χ1) is 7.25. The van der Waals surface area contributed by atoms with Gasteiger partial charge in [-0.2, -0.15) is 0 Å². The molecule has 1 saturated carbocycles. The Morgan fingerprint density at radius 1 is 1.60 bits per heavy atom. The maximum atomic E-state index is 10.1. The SMILES string of the molecule is CC1CCCC(C(O)Cc2nccs2)C1. The van der Waals surface area contributed by atoms with E-state index in [1.54, 1.807) is 11.3 Å². The molecule has 2 nitrogen and oxygen atoms in total. The predicted molar refractivity (Wildman–Crippen MR) is 62.9 cm³/mol. The molecule has 1 fully saturated rings. The first-order valence-electron chi connectivity index (χ1n) is 5.82. The number of aliphatic hydroxyl groups is 1. The van der Waals surface area contributed by atoms with E-state index in [4.69, 9.17) is 0 Å². The van der Waals surface area contributed by atoms with Crippen LogP contribution < -0.4 is 0 Å². The maximum absolute atomic E-state index is 10.1. The Kier molecular flexibility index (Phi) is 3.76. The molecule has 1 aromatic heterocycles. The number of hydrogen-bond acceptors (Lipinski definition) is 3. The Morgan fingerprint density at radius 2 is 2.47 bits per heavy atom. The summed E-state index contributed by atoms with van der Waals surface area (Å²) in [5.41, 5.74) is 0. The van der Waals surface area contributed by atoms with Crippen molar-refractivity contribution in [1.82, 2.24) is 4.98 Å². The van der Waals surface area contributed by atoms with Crippen LogP contribution in [0.1, 0.15) is 37.6 Å². The molecule has 15 heavy (non-hydrogen) atoms. The van der Waals surface area contributed by atoms with Gasteiger partial charge in [0.2, 0.25) is 0 Å². The monoisotopic (exact) mass is 225 g/mol. The Balaban J connectivity index is 1.87. The predicted octanol–water partition coefficient (Wildman–Crippen LogP) is 2.87. The fourth-order valence-electron chi connectivity index (χ4n) is 2.53. The summed E-state index contributed by atoms with van der Waals surface area (Å²) in [5, 5.41) is 13.2. The standard InChI is InChI=1S/C12H19NOS/c1-9-3-2-4-10(7-9)11(14)8-12-13-5-6-15-12/h5-6,9-11,14H,2-4,7-8H2,1H3. The third-order valence-corrected chi connectivity index (χ3v) is 4.19. The summed E-state index contributed by atoms with van der Waals surface area (Å²) in [4.78, 5) is 4.23. The van der Waals surface area contributed by atoms with Gasteiger partial charge < -0.3 is 5.11 Å². The summed E-state index contributed by atoms with van der Waals surface area (Å²) in [5.74, 6) is 1.28. The third kappa shape index (κ3) is 3.02. The molecule has 0 bridgehead atoms. The highest BCUT2D eigenvalue weighted by Gasteiger charge is 2.25. The molecular weight excluding hydrogens is 206 g/mol. The lowest BCUT2D eigenvalue weighted by molar-refractivity contribution is 0.0720. The van der Waals surface area contributed by atoms with Gasteiger partial charge in [-0.1, -0.05) is 19.8 Å². The first-order valence-corrected chi connectivity index (χ1v) is 6.70. The van der Waals surface area contributed by atoms with Crippen molar-refractivity contribution in [2.75, 3.05) is 0 Å². The lowest BCUT2D eigenvalue weighted by Crippen LogP contribution is -2.27. The molecule has 0 radical (unpaired) electrons. The highest BCUT2D eigenvalue weighted by molar-refractivity contribution is 7.09. The Hall–Kier alpha value is -0.410. The van der Waals surface area contributed by atoms with Crippen molar-refractivity contribution in [3.63, 3.8) is 0 Å². The summed E-state index contributed by atoms with van der Waals surface area (Å²) < 4.78 is 0. The van der Waals surface area contributed by atoms with Crippen LogP contribution in [0.3, 0.4) is 0 Å². The smallest absolute Gasteiger partial charge is 0.0950 e. The van der Waals surface area contributed by atoms with Crippen LogP contribution in [0.2, 0.25) is 0 Å². The molecule has 1 aliphatic carbocycles. The molecule has 1 N–H and O–H groups in total. The number of rotatable bonds is 3. The van der Waals surface area contributed by atoms with Gasteiger partial charge in [-0.25, -0.2) is 4.98 Å². The van der Waals surface area contributed by atoms with E-state index in [1.165, 1.54) is 25.7 Å². The zero-order chi connectivity index (χ0) is 10.7. The fraction of sp³-hybridized carbons (Fsp3) is 0.750. The molecule has 3 unspecified atom stereocenters. The Bertz CT molecular complexity index is 286. The number of thiazole rings is 1. The van der Waals surface area contributed by atoms with Crippen LogP contribution in [-0.4, -0.2) is 16.2 Å². The Labute approximate surface area is 95.4 Å². The highest BCUT2D eigenvalue weighted by atomic mass is 32.1. The third-order valence-electron chi connectivity index (χ3n) is 3.39. The van der Waals surface area contributed by atoms with Crippen LogP contribution in [-0.2, 0) is 6.42 Å². The molecule has 2 rings (SSSR count). The zero-order valence-corrected chi connectivity index (χ0v) is 10.0. The average Bonchev–Trinajstić information content (AvgIpc) is 2.70. The van der Waals surface area contributed by atoms with E-state index in [2.05, 4.69) is 11.9 Å². The maximum Gasteiger partial charge on any atom is 0.0950 e. The molecule has 0 aliphatic heterocycles. The molecule has 0 aromatic carbocycles. The van der Waals surface area contributed by atoms with Gasteiger partial charge in [0.15, 0.2) is 0 Å². The van der Waals surface area contributed by atoms with Gasteiger partial charge >= 0.3 is 0 Å². The highest BCUT2D eigenvalue weighted by Crippen LogP contribution is 2.31. The second-order valence-corrected chi connectivity index (χ2v) is 5.71. The van der Waals surface area contributed by atoms with E-state index < -0.39 is 0 Å².